The molecule has 0 aliphatic rings. The molecule has 0 saturated heterocycles. The van der Waals surface area contributed by atoms with Crippen LogP contribution in [0.25, 0.3) is 0 Å². The summed E-state index contributed by atoms with van der Waals surface area (Å²) in [4.78, 5) is 19.9. The van der Waals surface area contributed by atoms with Gasteiger partial charge in [0.25, 0.3) is 5.91 Å². The van der Waals surface area contributed by atoms with Crippen LogP contribution in [0.5, 0.6) is 5.88 Å². The van der Waals surface area contributed by atoms with Crippen molar-refractivity contribution in [2.75, 3.05) is 18.2 Å². The van der Waals surface area contributed by atoms with E-state index in [1.165, 1.54) is 19.2 Å². The van der Waals surface area contributed by atoms with Crippen LogP contribution in [-0.4, -0.2) is 33.2 Å². The van der Waals surface area contributed by atoms with Crippen LogP contribution in [0.15, 0.2) is 18.2 Å². The first kappa shape index (κ1) is 12.7. The van der Waals surface area contributed by atoms with Crippen molar-refractivity contribution in [3.05, 3.63) is 29.6 Å². The second-order valence-electron chi connectivity index (χ2n) is 3.67. The predicted molar refractivity (Wildman–Crippen MR) is 67.7 cm³/mol. The molecule has 0 saturated carbocycles. The monoisotopic (exact) mass is 260 g/mol. The second-order valence-corrected chi connectivity index (χ2v) is 3.67. The topological polar surface area (TPSA) is 116 Å². The summed E-state index contributed by atoms with van der Waals surface area (Å²) < 4.78 is 4.99. The highest BCUT2D eigenvalue weighted by molar-refractivity contribution is 6.01. The number of nitrogens with zero attached hydrogens (tertiary/aromatic N) is 4. The van der Waals surface area contributed by atoms with Crippen LogP contribution in [0.4, 0.5) is 11.8 Å². The van der Waals surface area contributed by atoms with Gasteiger partial charge in [0, 0.05) is 11.8 Å². The van der Waals surface area contributed by atoms with Crippen molar-refractivity contribution in [2.45, 2.75) is 6.92 Å². The normalized spacial score (nSPS) is 10.0. The fourth-order valence-corrected chi connectivity index (χ4v) is 1.33. The first-order chi connectivity index (χ1) is 9.08. The predicted octanol–water partition coefficient (Wildman–Crippen LogP) is 0.418. The summed E-state index contributed by atoms with van der Waals surface area (Å²) in [6.45, 7) is 1.77. The number of methoxy groups -OCH3 is 1. The Hall–Kier alpha value is -2.77. The Balaban J connectivity index is 2.18. The second kappa shape index (κ2) is 5.25. The lowest BCUT2D eigenvalue weighted by atomic mass is 10.3. The third-order valence-electron chi connectivity index (χ3n) is 2.18. The first-order valence-corrected chi connectivity index (χ1v) is 5.38. The zero-order valence-electron chi connectivity index (χ0n) is 10.4. The molecule has 0 aliphatic heterocycles. The number of ether oxygens (including phenoxy) is 1. The molecule has 3 N–H and O–H groups in total. The lowest BCUT2D eigenvalue weighted by Crippen LogP contribution is -2.17. The Kier molecular flexibility index (Phi) is 3.51. The molecule has 0 radical (unpaired) electrons. The highest BCUT2D eigenvalue weighted by Crippen LogP contribution is 2.11. The molecule has 8 heteroatoms. The molecule has 0 aliphatic carbocycles. The van der Waals surface area contributed by atoms with Crippen LogP contribution in [-0.2, 0) is 0 Å². The van der Waals surface area contributed by atoms with Gasteiger partial charge in [-0.25, -0.2) is 4.98 Å². The van der Waals surface area contributed by atoms with Crippen molar-refractivity contribution in [1.82, 2.24) is 20.2 Å². The number of nitrogen functional groups attached to an aromatic ring is 1. The number of amides is 1. The molecular weight excluding hydrogens is 248 g/mol. The molecule has 0 atom stereocenters. The Labute approximate surface area is 109 Å². The van der Waals surface area contributed by atoms with E-state index in [9.17, 15) is 4.79 Å². The van der Waals surface area contributed by atoms with Gasteiger partial charge in [-0.2, -0.15) is 4.98 Å². The van der Waals surface area contributed by atoms with Crippen LogP contribution < -0.4 is 15.8 Å². The van der Waals surface area contributed by atoms with Gasteiger partial charge in [0.1, 0.15) is 5.82 Å². The number of aromatic nitrogens is 4. The lowest BCUT2D eigenvalue weighted by molar-refractivity contribution is 0.102. The van der Waals surface area contributed by atoms with E-state index in [4.69, 9.17) is 10.5 Å². The summed E-state index contributed by atoms with van der Waals surface area (Å²) in [5, 5.41) is 9.77. The molecular formula is C11H12N6O2. The number of carbonyl (C=O) groups is 1. The smallest absolute Gasteiger partial charge is 0.278 e. The summed E-state index contributed by atoms with van der Waals surface area (Å²) in [6, 6.07) is 4.60. The molecule has 0 fully saturated rings. The Bertz CT molecular complexity index is 599. The molecule has 19 heavy (non-hydrogen) atoms. The molecule has 2 rings (SSSR count). The largest absolute Gasteiger partial charge is 0.481 e. The molecule has 0 unspecified atom stereocenters. The number of nitrogens with one attached hydrogen (secondary N) is 1. The molecule has 98 valence electrons. The van der Waals surface area contributed by atoms with Crippen LogP contribution in [0.2, 0.25) is 0 Å². The van der Waals surface area contributed by atoms with E-state index in [0.29, 0.717) is 11.6 Å². The molecule has 8 nitrogen and oxygen atoms in total. The van der Waals surface area contributed by atoms with Crippen molar-refractivity contribution in [3.63, 3.8) is 0 Å². The molecule has 2 aromatic rings. The fourth-order valence-electron chi connectivity index (χ4n) is 1.33. The number of hydrogen-bond donors (Lipinski definition) is 2. The zero-order chi connectivity index (χ0) is 13.8. The van der Waals surface area contributed by atoms with E-state index in [1.54, 1.807) is 13.0 Å². The van der Waals surface area contributed by atoms with Crippen molar-refractivity contribution < 1.29 is 9.53 Å². The van der Waals surface area contributed by atoms with Gasteiger partial charge < -0.3 is 10.5 Å². The number of carbonyl (C=O) groups excluding carboxylic acids is 1. The molecule has 0 aromatic carbocycles. The van der Waals surface area contributed by atoms with Gasteiger partial charge in [-0.3, -0.25) is 10.1 Å². The zero-order valence-corrected chi connectivity index (χ0v) is 10.4. The van der Waals surface area contributed by atoms with Crippen molar-refractivity contribution in [1.29, 1.82) is 0 Å². The number of anilines is 2. The standard InChI is InChI=1S/C11H12N6O2/c1-6-5-9(19-2)14-11(13-6)15-10(18)7-3-4-8(12)17-16-7/h3-5H,1-2H3,(H2,12,17)(H,13,14,15,18). The van der Waals surface area contributed by atoms with Gasteiger partial charge in [0.15, 0.2) is 5.69 Å². The van der Waals surface area contributed by atoms with Crippen LogP contribution in [0.3, 0.4) is 0 Å². The van der Waals surface area contributed by atoms with Crippen LogP contribution in [0.1, 0.15) is 16.2 Å². The van der Waals surface area contributed by atoms with E-state index in [-0.39, 0.29) is 17.5 Å². The number of rotatable bonds is 3. The Morgan fingerprint density at radius 2 is 2.11 bits per heavy atom. The maximum absolute atomic E-state index is 11.9. The van der Waals surface area contributed by atoms with Crippen molar-refractivity contribution in [3.8, 4) is 5.88 Å². The molecule has 1 amide bonds. The van der Waals surface area contributed by atoms with E-state index in [0.717, 1.165) is 0 Å². The first-order valence-electron chi connectivity index (χ1n) is 5.38. The maximum Gasteiger partial charge on any atom is 0.278 e. The molecule has 0 bridgehead atoms. The third-order valence-corrected chi connectivity index (χ3v) is 2.18. The summed E-state index contributed by atoms with van der Waals surface area (Å²) in [7, 11) is 1.48. The summed E-state index contributed by atoms with van der Waals surface area (Å²) in [6.07, 6.45) is 0. The van der Waals surface area contributed by atoms with Gasteiger partial charge in [-0.05, 0) is 19.1 Å². The maximum atomic E-state index is 11.9. The average Bonchev–Trinajstić information content (AvgIpc) is 2.38. The summed E-state index contributed by atoms with van der Waals surface area (Å²) >= 11 is 0. The fraction of sp³-hybridized carbons (Fsp3) is 0.182. The SMILES string of the molecule is COc1cc(C)nc(NC(=O)c2ccc(N)nn2)n1. The number of aryl methyl sites for hydroxylation is 1. The Morgan fingerprint density at radius 1 is 1.32 bits per heavy atom. The summed E-state index contributed by atoms with van der Waals surface area (Å²) in [5.41, 5.74) is 6.19. The van der Waals surface area contributed by atoms with E-state index in [2.05, 4.69) is 25.5 Å². The lowest BCUT2D eigenvalue weighted by Gasteiger charge is -2.05. The van der Waals surface area contributed by atoms with Gasteiger partial charge >= 0.3 is 0 Å². The minimum Gasteiger partial charge on any atom is -0.481 e. The van der Waals surface area contributed by atoms with Gasteiger partial charge in [-0.1, -0.05) is 0 Å². The Morgan fingerprint density at radius 3 is 2.74 bits per heavy atom. The van der Waals surface area contributed by atoms with E-state index in [1.807, 2.05) is 0 Å². The van der Waals surface area contributed by atoms with E-state index >= 15 is 0 Å². The molecule has 2 aromatic heterocycles. The average molecular weight is 260 g/mol. The van der Waals surface area contributed by atoms with Gasteiger partial charge in [0.05, 0.1) is 7.11 Å². The van der Waals surface area contributed by atoms with Crippen molar-refractivity contribution in [2.24, 2.45) is 0 Å². The third kappa shape index (κ3) is 3.12. The van der Waals surface area contributed by atoms with Crippen LogP contribution >= 0.6 is 0 Å². The number of nitrogens with two attached hydrogens (primary N) is 1. The minimum absolute atomic E-state index is 0.123. The van der Waals surface area contributed by atoms with Crippen LogP contribution in [0, 0.1) is 6.92 Å². The highest BCUT2D eigenvalue weighted by atomic mass is 16.5. The highest BCUT2D eigenvalue weighted by Gasteiger charge is 2.11. The quantitative estimate of drug-likeness (QED) is 0.821. The van der Waals surface area contributed by atoms with Gasteiger partial charge in [-0.15, -0.1) is 10.2 Å². The number of hydrogen-bond acceptors (Lipinski definition) is 7. The molecule has 2 heterocycles. The molecule has 0 spiro atoms. The minimum atomic E-state index is -0.472. The van der Waals surface area contributed by atoms with E-state index < -0.39 is 5.91 Å². The summed E-state index contributed by atoms with van der Waals surface area (Å²) in [5.74, 6) is 0.275. The van der Waals surface area contributed by atoms with Crippen molar-refractivity contribution >= 4 is 17.7 Å². The van der Waals surface area contributed by atoms with Gasteiger partial charge in [0.2, 0.25) is 11.8 Å².